The largest absolute Gasteiger partial charge is 0.497 e. The van der Waals surface area contributed by atoms with Crippen molar-refractivity contribution in [2.75, 3.05) is 7.11 Å². The molecule has 1 N–H and O–H groups in total. The van der Waals surface area contributed by atoms with Crippen LogP contribution in [0.25, 0.3) is 0 Å². The second-order valence-electron chi connectivity index (χ2n) is 4.12. The van der Waals surface area contributed by atoms with E-state index in [-0.39, 0.29) is 5.56 Å². The Balaban J connectivity index is 2.16. The maximum absolute atomic E-state index is 11.1. The van der Waals surface area contributed by atoms with E-state index in [1.165, 1.54) is 22.3 Å². The highest BCUT2D eigenvalue weighted by Crippen LogP contribution is 2.28. The Bertz CT molecular complexity index is 628. The molecule has 0 fully saturated rings. The molecule has 5 heteroatoms. The van der Waals surface area contributed by atoms with Gasteiger partial charge in [-0.05, 0) is 58.5 Å². The molecule has 0 atom stereocenters. The average molecular weight is 400 g/mol. The van der Waals surface area contributed by atoms with E-state index >= 15 is 0 Å². The van der Waals surface area contributed by atoms with Crippen LogP contribution in [0.1, 0.15) is 15.9 Å². The lowest BCUT2D eigenvalue weighted by molar-refractivity contribution is 0.0696. The first-order valence-electron chi connectivity index (χ1n) is 5.88. The molecule has 0 amide bonds. The van der Waals surface area contributed by atoms with Crippen molar-refractivity contribution in [2.24, 2.45) is 0 Å². The number of hydrogen-bond donors (Lipinski definition) is 1. The van der Waals surface area contributed by atoms with Crippen LogP contribution in [0.15, 0.2) is 47.4 Å². The van der Waals surface area contributed by atoms with Gasteiger partial charge in [0.05, 0.1) is 12.7 Å². The number of halogens is 1. The lowest BCUT2D eigenvalue weighted by Crippen LogP contribution is -1.97. The molecule has 3 nitrogen and oxygen atoms in total. The van der Waals surface area contributed by atoms with Crippen LogP contribution in [0.2, 0.25) is 0 Å². The predicted octanol–water partition coefficient (Wildman–Crippen LogP) is 4.29. The predicted molar refractivity (Wildman–Crippen MR) is 88.7 cm³/mol. The molecule has 0 aromatic heterocycles. The molecule has 2 rings (SSSR count). The molecule has 0 unspecified atom stereocenters. The number of carbonyl (C=O) groups is 1. The van der Waals surface area contributed by atoms with Crippen LogP contribution in [-0.4, -0.2) is 18.2 Å². The molecule has 104 valence electrons. The highest BCUT2D eigenvalue weighted by molar-refractivity contribution is 14.1. The van der Waals surface area contributed by atoms with Crippen LogP contribution >= 0.6 is 34.4 Å². The molecule has 0 saturated heterocycles. The Morgan fingerprint density at radius 3 is 2.75 bits per heavy atom. The van der Waals surface area contributed by atoms with Gasteiger partial charge >= 0.3 is 5.97 Å². The number of carboxylic acid groups (broad SMARTS) is 1. The molecule has 2 aromatic rings. The van der Waals surface area contributed by atoms with Gasteiger partial charge in [0, 0.05) is 14.2 Å². The topological polar surface area (TPSA) is 46.5 Å². The molecule has 20 heavy (non-hydrogen) atoms. The third-order valence-electron chi connectivity index (χ3n) is 2.66. The normalized spacial score (nSPS) is 10.3. The van der Waals surface area contributed by atoms with Gasteiger partial charge in [0.2, 0.25) is 0 Å². The van der Waals surface area contributed by atoms with Crippen LogP contribution in [-0.2, 0) is 5.75 Å². The number of benzene rings is 2. The van der Waals surface area contributed by atoms with E-state index in [1.807, 2.05) is 18.2 Å². The van der Waals surface area contributed by atoms with Gasteiger partial charge in [0.25, 0.3) is 0 Å². The monoisotopic (exact) mass is 400 g/mol. The summed E-state index contributed by atoms with van der Waals surface area (Å²) in [5.41, 5.74) is 1.45. The van der Waals surface area contributed by atoms with Gasteiger partial charge in [-0.3, -0.25) is 0 Å². The fraction of sp³-hybridized carbons (Fsp3) is 0.133. The summed E-state index contributed by atoms with van der Waals surface area (Å²) in [7, 11) is 1.54. The Morgan fingerprint density at radius 2 is 2.10 bits per heavy atom. The molecule has 0 radical (unpaired) electrons. The molecule has 0 aliphatic carbocycles. The molecular formula is C15H13IO3S. The van der Waals surface area contributed by atoms with Crippen LogP contribution < -0.4 is 4.74 Å². The van der Waals surface area contributed by atoms with Gasteiger partial charge in [-0.15, -0.1) is 11.8 Å². The van der Waals surface area contributed by atoms with E-state index in [9.17, 15) is 4.79 Å². The summed E-state index contributed by atoms with van der Waals surface area (Å²) >= 11 is 3.87. The van der Waals surface area contributed by atoms with Crippen molar-refractivity contribution in [3.05, 3.63) is 57.2 Å². The van der Waals surface area contributed by atoms with Crippen molar-refractivity contribution in [3.63, 3.8) is 0 Å². The quantitative estimate of drug-likeness (QED) is 0.601. The Labute approximate surface area is 135 Å². The first kappa shape index (κ1) is 15.2. The Morgan fingerprint density at radius 1 is 1.30 bits per heavy atom. The van der Waals surface area contributed by atoms with Crippen LogP contribution in [0, 0.1) is 3.57 Å². The zero-order valence-corrected chi connectivity index (χ0v) is 13.8. The van der Waals surface area contributed by atoms with E-state index in [1.54, 1.807) is 17.8 Å². The van der Waals surface area contributed by atoms with Crippen molar-refractivity contribution < 1.29 is 14.6 Å². The van der Waals surface area contributed by atoms with E-state index in [2.05, 4.69) is 34.7 Å². The van der Waals surface area contributed by atoms with Gasteiger partial charge in [-0.25, -0.2) is 4.79 Å². The molecule has 0 heterocycles. The molecule has 0 spiro atoms. The zero-order chi connectivity index (χ0) is 14.5. The second kappa shape index (κ2) is 6.99. The van der Waals surface area contributed by atoms with Crippen molar-refractivity contribution >= 4 is 40.3 Å². The molecule has 2 aromatic carbocycles. The number of rotatable bonds is 5. The SMILES string of the molecule is COc1cc(SCc2cccc(I)c2)cc(C(=O)O)c1. The van der Waals surface area contributed by atoms with E-state index in [0.29, 0.717) is 5.75 Å². The minimum absolute atomic E-state index is 0.245. The van der Waals surface area contributed by atoms with Crippen molar-refractivity contribution in [2.45, 2.75) is 10.6 Å². The van der Waals surface area contributed by atoms with Gasteiger partial charge in [0.15, 0.2) is 0 Å². The maximum Gasteiger partial charge on any atom is 0.335 e. The number of thioether (sulfide) groups is 1. The van der Waals surface area contributed by atoms with Crippen LogP contribution in [0.5, 0.6) is 5.75 Å². The summed E-state index contributed by atoms with van der Waals surface area (Å²) in [6.45, 7) is 0. The minimum atomic E-state index is -0.944. The standard InChI is InChI=1S/C15H13IO3S/c1-19-13-6-11(15(17)18)7-14(8-13)20-9-10-3-2-4-12(16)5-10/h2-8H,9H2,1H3,(H,17,18). The summed E-state index contributed by atoms with van der Waals surface area (Å²) in [6, 6.07) is 13.3. The molecular weight excluding hydrogens is 387 g/mol. The Hall–Kier alpha value is -1.21. The van der Waals surface area contributed by atoms with Gasteiger partial charge in [-0.1, -0.05) is 12.1 Å². The number of carboxylic acids is 1. The summed E-state index contributed by atoms with van der Waals surface area (Å²) in [5.74, 6) is 0.415. The molecule has 0 aliphatic rings. The fourth-order valence-corrected chi connectivity index (χ4v) is 3.22. The summed E-state index contributed by atoms with van der Waals surface area (Å²) < 4.78 is 6.33. The summed E-state index contributed by atoms with van der Waals surface area (Å²) in [5, 5.41) is 9.09. The molecule has 0 bridgehead atoms. The number of hydrogen-bond acceptors (Lipinski definition) is 3. The lowest BCUT2D eigenvalue weighted by Gasteiger charge is -2.07. The third-order valence-corrected chi connectivity index (χ3v) is 4.37. The summed E-state index contributed by atoms with van der Waals surface area (Å²) in [6.07, 6.45) is 0. The lowest BCUT2D eigenvalue weighted by atomic mass is 10.2. The van der Waals surface area contributed by atoms with E-state index in [4.69, 9.17) is 9.84 Å². The van der Waals surface area contributed by atoms with E-state index in [0.717, 1.165) is 10.6 Å². The number of methoxy groups -OCH3 is 1. The van der Waals surface area contributed by atoms with Crippen LogP contribution in [0.3, 0.4) is 0 Å². The molecule has 0 saturated carbocycles. The van der Waals surface area contributed by atoms with Crippen LogP contribution in [0.4, 0.5) is 0 Å². The second-order valence-corrected chi connectivity index (χ2v) is 6.42. The first-order valence-corrected chi connectivity index (χ1v) is 7.94. The highest BCUT2D eigenvalue weighted by atomic mass is 127. The zero-order valence-electron chi connectivity index (χ0n) is 10.8. The minimum Gasteiger partial charge on any atom is -0.497 e. The third kappa shape index (κ3) is 4.14. The van der Waals surface area contributed by atoms with Gasteiger partial charge in [-0.2, -0.15) is 0 Å². The van der Waals surface area contributed by atoms with Gasteiger partial charge in [0.1, 0.15) is 5.75 Å². The molecule has 0 aliphatic heterocycles. The average Bonchev–Trinajstić information content (AvgIpc) is 2.45. The van der Waals surface area contributed by atoms with Crippen molar-refractivity contribution in [1.29, 1.82) is 0 Å². The van der Waals surface area contributed by atoms with Crippen molar-refractivity contribution in [1.82, 2.24) is 0 Å². The van der Waals surface area contributed by atoms with Gasteiger partial charge < -0.3 is 9.84 Å². The first-order chi connectivity index (χ1) is 9.58. The smallest absolute Gasteiger partial charge is 0.335 e. The fourth-order valence-electron chi connectivity index (χ4n) is 1.69. The Kier molecular flexibility index (Phi) is 5.31. The van der Waals surface area contributed by atoms with E-state index < -0.39 is 5.97 Å². The maximum atomic E-state index is 11.1. The highest BCUT2D eigenvalue weighted by Gasteiger charge is 2.08. The number of aromatic carboxylic acids is 1. The summed E-state index contributed by atoms with van der Waals surface area (Å²) in [4.78, 5) is 12.0. The van der Waals surface area contributed by atoms with Crippen molar-refractivity contribution in [3.8, 4) is 5.75 Å². The number of ether oxygens (including phenoxy) is 1.